The van der Waals surface area contributed by atoms with Gasteiger partial charge < -0.3 is 14.7 Å². The lowest BCUT2D eigenvalue weighted by Crippen LogP contribution is -2.40. The molecule has 0 saturated carbocycles. The van der Waals surface area contributed by atoms with Gasteiger partial charge in [-0.05, 0) is 30.0 Å². The topological polar surface area (TPSA) is 66.8 Å². The number of aliphatic carboxylic acids is 1. The fraction of sp³-hybridized carbons (Fsp3) is 0.556. The molecule has 24 heavy (non-hydrogen) atoms. The zero-order valence-electron chi connectivity index (χ0n) is 14.4. The summed E-state index contributed by atoms with van der Waals surface area (Å²) in [5, 5.41) is 9.45. The molecule has 0 bridgehead atoms. The smallest absolute Gasteiger partial charge is 0.313 e. The molecule has 1 aromatic carbocycles. The summed E-state index contributed by atoms with van der Waals surface area (Å²) in [5.74, 6) is -0.104. The molecule has 0 aromatic heterocycles. The van der Waals surface area contributed by atoms with Crippen LogP contribution in [-0.4, -0.2) is 54.4 Å². The number of nitrogens with zero attached hydrogens (tertiary/aromatic N) is 1. The van der Waals surface area contributed by atoms with Gasteiger partial charge >= 0.3 is 5.97 Å². The van der Waals surface area contributed by atoms with Crippen LogP contribution in [0.3, 0.4) is 0 Å². The molecular weight excluding hydrogens is 326 g/mol. The van der Waals surface area contributed by atoms with Gasteiger partial charge in [-0.15, -0.1) is 11.8 Å². The van der Waals surface area contributed by atoms with Crippen molar-refractivity contribution in [3.63, 3.8) is 0 Å². The summed E-state index contributed by atoms with van der Waals surface area (Å²) in [4.78, 5) is 26.6. The number of hydrogen-bond acceptors (Lipinski definition) is 4. The van der Waals surface area contributed by atoms with E-state index in [1.807, 2.05) is 12.1 Å². The maximum absolute atomic E-state index is 12.4. The summed E-state index contributed by atoms with van der Waals surface area (Å²) >= 11 is 1.49. The number of carbonyl (C=O) groups is 2. The van der Waals surface area contributed by atoms with Crippen LogP contribution in [0.5, 0.6) is 0 Å². The number of likely N-dealkylation sites (tertiary alicyclic amines) is 1. The van der Waals surface area contributed by atoms with E-state index >= 15 is 0 Å². The summed E-state index contributed by atoms with van der Waals surface area (Å²) in [6.07, 6.45) is 0.440. The molecule has 1 saturated heterocycles. The average Bonchev–Trinajstić information content (AvgIpc) is 2.99. The van der Waals surface area contributed by atoms with E-state index in [1.54, 1.807) is 4.90 Å². The van der Waals surface area contributed by atoms with Crippen molar-refractivity contribution >= 4 is 23.6 Å². The van der Waals surface area contributed by atoms with Crippen molar-refractivity contribution in [2.75, 3.05) is 32.6 Å². The molecule has 5 nitrogen and oxygen atoms in total. The molecule has 0 radical (unpaired) electrons. The molecule has 2 rings (SSSR count). The van der Waals surface area contributed by atoms with E-state index in [0.29, 0.717) is 24.6 Å². The highest BCUT2D eigenvalue weighted by Gasteiger charge is 2.46. The van der Waals surface area contributed by atoms with E-state index in [2.05, 4.69) is 26.0 Å². The number of carboxylic acids is 1. The molecule has 0 aliphatic carbocycles. The number of ether oxygens (including phenoxy) is 1. The normalized spacial score (nSPS) is 20.6. The van der Waals surface area contributed by atoms with Crippen molar-refractivity contribution in [3.8, 4) is 0 Å². The van der Waals surface area contributed by atoms with E-state index in [0.717, 1.165) is 4.90 Å². The van der Waals surface area contributed by atoms with Gasteiger partial charge in [-0.1, -0.05) is 26.0 Å². The predicted molar refractivity (Wildman–Crippen MR) is 94.4 cm³/mol. The molecule has 1 fully saturated rings. The van der Waals surface area contributed by atoms with Crippen LogP contribution in [0.4, 0.5) is 0 Å². The number of methoxy groups -OCH3 is 1. The number of amides is 1. The third kappa shape index (κ3) is 4.30. The number of hydrogen-bond donors (Lipinski definition) is 1. The van der Waals surface area contributed by atoms with E-state index in [-0.39, 0.29) is 19.1 Å². The highest BCUT2D eigenvalue weighted by Crippen LogP contribution is 2.32. The lowest BCUT2D eigenvalue weighted by atomic mass is 9.88. The summed E-state index contributed by atoms with van der Waals surface area (Å²) in [5.41, 5.74) is 0.310. The Morgan fingerprint density at radius 3 is 2.54 bits per heavy atom. The zero-order valence-corrected chi connectivity index (χ0v) is 15.3. The Morgan fingerprint density at radius 1 is 1.33 bits per heavy atom. The summed E-state index contributed by atoms with van der Waals surface area (Å²) < 4.78 is 5.05. The van der Waals surface area contributed by atoms with Gasteiger partial charge in [0.2, 0.25) is 5.91 Å². The number of rotatable bonds is 7. The molecule has 1 amide bonds. The maximum Gasteiger partial charge on any atom is 0.313 e. The molecule has 132 valence electrons. The largest absolute Gasteiger partial charge is 0.481 e. The van der Waals surface area contributed by atoms with Crippen molar-refractivity contribution < 1.29 is 19.4 Å². The molecule has 1 aliphatic heterocycles. The minimum atomic E-state index is -0.964. The first-order valence-electron chi connectivity index (χ1n) is 8.11. The highest BCUT2D eigenvalue weighted by molar-refractivity contribution is 8.00. The van der Waals surface area contributed by atoms with Gasteiger partial charge in [-0.3, -0.25) is 9.59 Å². The first-order chi connectivity index (χ1) is 11.4. The second kappa shape index (κ2) is 8.03. The first kappa shape index (κ1) is 18.8. The van der Waals surface area contributed by atoms with Crippen LogP contribution in [0.2, 0.25) is 0 Å². The van der Waals surface area contributed by atoms with Gasteiger partial charge in [0.25, 0.3) is 0 Å². The molecule has 1 aliphatic rings. The molecule has 1 unspecified atom stereocenters. The Hall–Kier alpha value is -1.53. The summed E-state index contributed by atoms with van der Waals surface area (Å²) in [6, 6.07) is 8.23. The van der Waals surface area contributed by atoms with Gasteiger partial charge in [0.1, 0.15) is 5.41 Å². The zero-order chi connectivity index (χ0) is 17.7. The lowest BCUT2D eigenvalue weighted by Gasteiger charge is -2.23. The lowest BCUT2D eigenvalue weighted by molar-refractivity contribution is -0.151. The van der Waals surface area contributed by atoms with Crippen LogP contribution in [0.1, 0.15) is 31.7 Å². The van der Waals surface area contributed by atoms with Crippen LogP contribution in [0.25, 0.3) is 0 Å². The monoisotopic (exact) mass is 351 g/mol. The van der Waals surface area contributed by atoms with Gasteiger partial charge in [-0.25, -0.2) is 0 Å². The van der Waals surface area contributed by atoms with E-state index < -0.39 is 11.4 Å². The van der Waals surface area contributed by atoms with Crippen molar-refractivity contribution in [2.24, 2.45) is 5.41 Å². The van der Waals surface area contributed by atoms with Crippen LogP contribution in [-0.2, 0) is 14.3 Å². The second-order valence-corrected chi connectivity index (χ2v) is 7.64. The van der Waals surface area contributed by atoms with Crippen LogP contribution in [0, 0.1) is 5.41 Å². The summed E-state index contributed by atoms with van der Waals surface area (Å²) in [7, 11) is 1.49. The number of thioether (sulfide) groups is 1. The minimum absolute atomic E-state index is 0.0211. The molecule has 1 atom stereocenters. The fourth-order valence-electron chi connectivity index (χ4n) is 2.90. The van der Waals surface area contributed by atoms with E-state index in [4.69, 9.17) is 4.74 Å². The Balaban J connectivity index is 1.90. The number of carboxylic acid groups (broad SMARTS) is 1. The Bertz CT molecular complexity index is 587. The van der Waals surface area contributed by atoms with Crippen molar-refractivity contribution in [3.05, 3.63) is 29.8 Å². The quantitative estimate of drug-likeness (QED) is 0.765. The highest BCUT2D eigenvalue weighted by atomic mass is 32.2. The summed E-state index contributed by atoms with van der Waals surface area (Å²) in [6.45, 7) is 5.13. The van der Waals surface area contributed by atoms with E-state index in [1.165, 1.54) is 24.4 Å². The van der Waals surface area contributed by atoms with Crippen molar-refractivity contribution in [1.82, 2.24) is 4.90 Å². The average molecular weight is 351 g/mol. The van der Waals surface area contributed by atoms with Gasteiger partial charge in [0, 0.05) is 25.1 Å². The van der Waals surface area contributed by atoms with Crippen molar-refractivity contribution in [2.45, 2.75) is 31.1 Å². The van der Waals surface area contributed by atoms with Crippen molar-refractivity contribution in [1.29, 1.82) is 0 Å². The molecular formula is C18H25NO4S. The van der Waals surface area contributed by atoms with Gasteiger partial charge in [0.05, 0.1) is 12.4 Å². The second-order valence-electron chi connectivity index (χ2n) is 6.60. The maximum atomic E-state index is 12.4. The molecule has 1 N–H and O–H groups in total. The molecule has 6 heteroatoms. The SMILES string of the molecule is COCC1(C(=O)O)CCN(C(=O)CSc2ccc(C(C)C)cc2)C1. The van der Waals surface area contributed by atoms with Gasteiger partial charge in [-0.2, -0.15) is 0 Å². The van der Waals surface area contributed by atoms with Crippen LogP contribution in [0.15, 0.2) is 29.2 Å². The number of carbonyl (C=O) groups excluding carboxylic acids is 1. The van der Waals surface area contributed by atoms with Crippen LogP contribution < -0.4 is 0 Å². The molecule has 0 spiro atoms. The molecule has 1 aromatic rings. The Kier molecular flexibility index (Phi) is 6.29. The van der Waals surface area contributed by atoms with Gasteiger partial charge in [0.15, 0.2) is 0 Å². The fourth-order valence-corrected chi connectivity index (χ4v) is 3.70. The van der Waals surface area contributed by atoms with Crippen LogP contribution >= 0.6 is 11.8 Å². The Morgan fingerprint density at radius 2 is 2.00 bits per heavy atom. The third-order valence-electron chi connectivity index (χ3n) is 4.49. The third-order valence-corrected chi connectivity index (χ3v) is 5.49. The Labute approximate surface area is 147 Å². The van der Waals surface area contributed by atoms with E-state index in [9.17, 15) is 14.7 Å². The molecule has 1 heterocycles. The number of benzene rings is 1. The first-order valence-corrected chi connectivity index (χ1v) is 9.09. The predicted octanol–water partition coefficient (Wildman–Crippen LogP) is 2.85. The minimum Gasteiger partial charge on any atom is -0.481 e. The standard InChI is InChI=1S/C18H25NO4S/c1-13(2)14-4-6-15(7-5-14)24-10-16(20)19-9-8-18(11-19,12-23-3)17(21)22/h4-7,13H,8-12H2,1-3H3,(H,21,22).